The Balaban J connectivity index is 1.19. The summed E-state index contributed by atoms with van der Waals surface area (Å²) in [4.78, 5) is 35.6. The first-order chi connectivity index (χ1) is 17.7. The Labute approximate surface area is 213 Å². The first kappa shape index (κ1) is 25.1. The minimum Gasteiger partial charge on any atom is -0.353 e. The molecule has 4 rings (SSSR count). The minimum atomic E-state index is -0.0904. The van der Waals surface area contributed by atoms with Crippen LogP contribution in [0.3, 0.4) is 0 Å². The highest BCUT2D eigenvalue weighted by Gasteiger charge is 2.27. The highest BCUT2D eigenvalue weighted by Crippen LogP contribution is 2.26. The fraction of sp³-hybridized carbons (Fsp3) is 0.276. The number of anilines is 2. The summed E-state index contributed by atoms with van der Waals surface area (Å²) >= 11 is 0. The van der Waals surface area contributed by atoms with Crippen molar-refractivity contribution in [3.63, 3.8) is 0 Å². The molecule has 0 aliphatic carbocycles. The van der Waals surface area contributed by atoms with Gasteiger partial charge in [-0.25, -0.2) is 4.79 Å². The number of hydrogen-bond acceptors (Lipinski definition) is 4. The molecule has 1 aromatic heterocycles. The van der Waals surface area contributed by atoms with Crippen molar-refractivity contribution in [1.82, 2.24) is 20.1 Å². The van der Waals surface area contributed by atoms with Crippen LogP contribution in [0.4, 0.5) is 16.2 Å². The largest absolute Gasteiger partial charge is 0.353 e. The maximum Gasteiger partial charge on any atom is 0.329 e. The number of nitrogens with zero attached hydrogens (tertiary/aromatic N) is 4. The van der Waals surface area contributed by atoms with E-state index >= 15 is 0 Å². The Bertz CT molecular complexity index is 1070. The fourth-order valence-electron chi connectivity index (χ4n) is 4.21. The topological polar surface area (TPSA) is 68.8 Å². The Hall–Kier alpha value is -3.97. The first-order valence-corrected chi connectivity index (χ1v) is 12.5. The summed E-state index contributed by atoms with van der Waals surface area (Å²) < 4.78 is 0. The van der Waals surface area contributed by atoms with E-state index < -0.39 is 0 Å². The zero-order chi connectivity index (χ0) is 25.0. The predicted molar refractivity (Wildman–Crippen MR) is 144 cm³/mol. The summed E-state index contributed by atoms with van der Waals surface area (Å²) in [7, 11) is 0. The number of pyridine rings is 1. The lowest BCUT2D eigenvalue weighted by molar-refractivity contribution is -0.116. The normalized spacial score (nSPS) is 14.1. The second-order valence-electron chi connectivity index (χ2n) is 8.74. The molecule has 0 radical (unpaired) electrons. The van der Waals surface area contributed by atoms with Gasteiger partial charge in [-0.05, 0) is 61.4 Å². The number of aromatic nitrogens is 1. The van der Waals surface area contributed by atoms with Gasteiger partial charge in [0.25, 0.3) is 0 Å². The molecule has 1 aliphatic rings. The standard InChI is InChI=1S/C29H33N5O2/c35-28(16-15-25-10-9-17-30-24-25)31-18-7-8-19-32-20-22-33(23-21-32)29(36)34(26-11-3-1-4-12-26)27-13-5-2-6-14-27/h1-6,9-17,24H,7-8,18-23H2,(H,31,35)/b16-15-. The summed E-state index contributed by atoms with van der Waals surface area (Å²) in [5.74, 6) is -0.0904. The molecular formula is C29H33N5O2. The van der Waals surface area contributed by atoms with E-state index in [1.54, 1.807) is 29.4 Å². The molecule has 1 fully saturated rings. The monoisotopic (exact) mass is 483 g/mol. The van der Waals surface area contributed by atoms with Crippen molar-refractivity contribution in [1.29, 1.82) is 0 Å². The summed E-state index contributed by atoms with van der Waals surface area (Å²) in [6.07, 6.45) is 8.65. The van der Waals surface area contributed by atoms with Crippen molar-refractivity contribution in [2.24, 2.45) is 0 Å². The minimum absolute atomic E-state index is 0.00843. The van der Waals surface area contributed by atoms with Crippen LogP contribution >= 0.6 is 0 Å². The summed E-state index contributed by atoms with van der Waals surface area (Å²) in [6, 6.07) is 23.4. The lowest BCUT2D eigenvalue weighted by atomic mass is 10.2. The van der Waals surface area contributed by atoms with Gasteiger partial charge in [0, 0.05) is 51.2 Å². The number of nitrogens with one attached hydrogen (secondary N) is 1. The van der Waals surface area contributed by atoms with Crippen LogP contribution in [0.2, 0.25) is 0 Å². The molecule has 3 amide bonds. The molecule has 7 nitrogen and oxygen atoms in total. The number of unbranched alkanes of at least 4 members (excludes halogenated alkanes) is 1. The molecule has 1 aliphatic heterocycles. The average Bonchev–Trinajstić information content (AvgIpc) is 2.94. The average molecular weight is 484 g/mol. The fourth-order valence-corrected chi connectivity index (χ4v) is 4.21. The van der Waals surface area contributed by atoms with Gasteiger partial charge in [0.1, 0.15) is 0 Å². The van der Waals surface area contributed by atoms with Crippen molar-refractivity contribution in [2.45, 2.75) is 12.8 Å². The number of hydrogen-bond donors (Lipinski definition) is 1. The molecule has 0 bridgehead atoms. The number of carbonyl (C=O) groups excluding carboxylic acids is 2. The Morgan fingerprint density at radius 3 is 2.14 bits per heavy atom. The molecule has 0 unspecified atom stereocenters. The molecule has 0 spiro atoms. The van der Waals surface area contributed by atoms with Crippen molar-refractivity contribution >= 4 is 29.4 Å². The van der Waals surface area contributed by atoms with E-state index in [1.807, 2.05) is 77.7 Å². The highest BCUT2D eigenvalue weighted by atomic mass is 16.2. The first-order valence-electron chi connectivity index (χ1n) is 12.5. The van der Waals surface area contributed by atoms with Crippen molar-refractivity contribution in [3.8, 4) is 0 Å². The van der Waals surface area contributed by atoms with Gasteiger partial charge in [0.05, 0.1) is 11.4 Å². The predicted octanol–water partition coefficient (Wildman–Crippen LogP) is 4.57. The molecule has 1 saturated heterocycles. The molecule has 36 heavy (non-hydrogen) atoms. The highest BCUT2D eigenvalue weighted by molar-refractivity contribution is 5.99. The molecule has 186 valence electrons. The Kier molecular flexibility index (Phi) is 9.22. The second-order valence-corrected chi connectivity index (χ2v) is 8.74. The quantitative estimate of drug-likeness (QED) is 0.358. The van der Waals surface area contributed by atoms with E-state index in [9.17, 15) is 9.59 Å². The zero-order valence-corrected chi connectivity index (χ0v) is 20.5. The number of amides is 3. The Morgan fingerprint density at radius 1 is 0.861 bits per heavy atom. The third-order valence-corrected chi connectivity index (χ3v) is 6.17. The van der Waals surface area contributed by atoms with E-state index in [0.29, 0.717) is 19.6 Å². The Morgan fingerprint density at radius 2 is 1.53 bits per heavy atom. The van der Waals surface area contributed by atoms with Gasteiger partial charge >= 0.3 is 6.03 Å². The zero-order valence-electron chi connectivity index (χ0n) is 20.5. The van der Waals surface area contributed by atoms with E-state index in [1.165, 1.54) is 0 Å². The van der Waals surface area contributed by atoms with Gasteiger partial charge < -0.3 is 10.2 Å². The summed E-state index contributed by atoms with van der Waals surface area (Å²) in [6.45, 7) is 4.71. The lowest BCUT2D eigenvalue weighted by Crippen LogP contribution is -2.52. The molecule has 3 aromatic rings. The van der Waals surface area contributed by atoms with Gasteiger partial charge in [-0.2, -0.15) is 0 Å². The van der Waals surface area contributed by atoms with E-state index in [0.717, 1.165) is 49.4 Å². The van der Waals surface area contributed by atoms with Crippen LogP contribution in [0.5, 0.6) is 0 Å². The van der Waals surface area contributed by atoms with Gasteiger partial charge in [0.15, 0.2) is 0 Å². The second kappa shape index (κ2) is 13.2. The smallest absolute Gasteiger partial charge is 0.329 e. The van der Waals surface area contributed by atoms with E-state index in [2.05, 4.69) is 15.2 Å². The third-order valence-electron chi connectivity index (χ3n) is 6.17. The number of carbonyl (C=O) groups is 2. The molecule has 0 atom stereocenters. The van der Waals surface area contributed by atoms with Crippen molar-refractivity contribution in [3.05, 3.63) is 96.8 Å². The maximum absolute atomic E-state index is 13.5. The molecule has 7 heteroatoms. The molecule has 2 aromatic carbocycles. The SMILES string of the molecule is O=C(/C=C\c1cccnc1)NCCCCN1CCN(C(=O)N(c2ccccc2)c2ccccc2)CC1. The summed E-state index contributed by atoms with van der Waals surface area (Å²) in [5.41, 5.74) is 2.64. The summed E-state index contributed by atoms with van der Waals surface area (Å²) in [5, 5.41) is 2.93. The molecular weight excluding hydrogens is 450 g/mol. The van der Waals surface area contributed by atoms with Gasteiger partial charge in [-0.15, -0.1) is 0 Å². The van der Waals surface area contributed by atoms with Crippen LogP contribution in [0.15, 0.2) is 91.3 Å². The van der Waals surface area contributed by atoms with Crippen LogP contribution in [-0.4, -0.2) is 66.0 Å². The van der Waals surface area contributed by atoms with Crippen LogP contribution in [0.25, 0.3) is 6.08 Å². The van der Waals surface area contributed by atoms with E-state index in [-0.39, 0.29) is 11.9 Å². The molecule has 0 saturated carbocycles. The number of para-hydroxylation sites is 2. The van der Waals surface area contributed by atoms with Crippen molar-refractivity contribution in [2.75, 3.05) is 44.2 Å². The lowest BCUT2D eigenvalue weighted by Gasteiger charge is -2.37. The molecule has 1 N–H and O–H groups in total. The number of benzene rings is 2. The number of piperazine rings is 1. The van der Waals surface area contributed by atoms with Crippen molar-refractivity contribution < 1.29 is 9.59 Å². The van der Waals surface area contributed by atoms with Crippen LogP contribution in [0.1, 0.15) is 18.4 Å². The third kappa shape index (κ3) is 7.26. The van der Waals surface area contributed by atoms with Crippen LogP contribution < -0.4 is 10.2 Å². The van der Waals surface area contributed by atoms with Gasteiger partial charge in [-0.1, -0.05) is 42.5 Å². The van der Waals surface area contributed by atoms with E-state index in [4.69, 9.17) is 0 Å². The number of urea groups is 1. The van der Waals surface area contributed by atoms with Gasteiger partial charge in [-0.3, -0.25) is 19.6 Å². The van der Waals surface area contributed by atoms with Crippen LogP contribution in [0, 0.1) is 0 Å². The van der Waals surface area contributed by atoms with Gasteiger partial charge in [0.2, 0.25) is 5.91 Å². The van der Waals surface area contributed by atoms with Crippen LogP contribution in [-0.2, 0) is 4.79 Å². The number of rotatable bonds is 9. The maximum atomic E-state index is 13.5. The molecule has 2 heterocycles.